The Morgan fingerprint density at radius 1 is 1.20 bits per heavy atom. The monoisotopic (exact) mass is 141 g/mol. The van der Waals surface area contributed by atoms with Gasteiger partial charge in [0.15, 0.2) is 0 Å². The van der Waals surface area contributed by atoms with Crippen molar-refractivity contribution < 1.29 is 4.74 Å². The Labute approximate surface area is 61.9 Å². The molecule has 58 valence electrons. The topological polar surface area (TPSA) is 21.3 Å². The lowest BCUT2D eigenvalue weighted by Crippen LogP contribution is -2.28. The Kier molecular flexibility index (Phi) is 1.91. The number of nitrogens with one attached hydrogen (secondary N) is 1. The fourth-order valence-corrected chi connectivity index (χ4v) is 1.94. The van der Waals surface area contributed by atoms with E-state index in [2.05, 4.69) is 5.32 Å². The summed E-state index contributed by atoms with van der Waals surface area (Å²) < 4.78 is 5.62. The third-order valence-corrected chi connectivity index (χ3v) is 2.56. The number of rotatable bonds is 0. The van der Waals surface area contributed by atoms with E-state index >= 15 is 0 Å². The zero-order valence-corrected chi connectivity index (χ0v) is 6.31. The second kappa shape index (κ2) is 2.89. The minimum absolute atomic E-state index is 0.405. The van der Waals surface area contributed by atoms with Crippen LogP contribution in [0.3, 0.4) is 0 Å². The molecular formula is C8H15NO. The molecule has 0 aliphatic carbocycles. The van der Waals surface area contributed by atoms with Crippen LogP contribution in [0.2, 0.25) is 0 Å². The Hall–Kier alpha value is -0.0800. The van der Waals surface area contributed by atoms with Crippen LogP contribution in [0.15, 0.2) is 0 Å². The molecule has 0 radical (unpaired) electrons. The van der Waals surface area contributed by atoms with E-state index in [1.54, 1.807) is 0 Å². The molecule has 2 fully saturated rings. The highest BCUT2D eigenvalue weighted by Gasteiger charge is 2.28. The summed E-state index contributed by atoms with van der Waals surface area (Å²) in [6.07, 6.45) is 5.72. The van der Waals surface area contributed by atoms with Crippen LogP contribution >= 0.6 is 0 Å². The van der Waals surface area contributed by atoms with E-state index in [4.69, 9.17) is 4.74 Å². The lowest BCUT2D eigenvalue weighted by Gasteiger charge is -2.14. The number of fused-ring (bicyclic) bond motifs is 1. The largest absolute Gasteiger partial charge is 0.363 e. The average Bonchev–Trinajstić information content (AvgIpc) is 2.28. The number of hydrogen-bond acceptors (Lipinski definition) is 2. The summed E-state index contributed by atoms with van der Waals surface area (Å²) in [5.74, 6) is 0.822. The molecule has 1 N–H and O–H groups in total. The molecule has 0 aromatic carbocycles. The summed E-state index contributed by atoms with van der Waals surface area (Å²) >= 11 is 0. The molecule has 10 heavy (non-hydrogen) atoms. The predicted octanol–water partition coefficient (Wildman–Crippen LogP) is 1.12. The van der Waals surface area contributed by atoms with Gasteiger partial charge in [0, 0.05) is 6.61 Å². The molecule has 0 aromatic rings. The molecule has 0 amide bonds. The Balaban J connectivity index is 1.95. The molecule has 0 bridgehead atoms. The summed E-state index contributed by atoms with van der Waals surface area (Å²) in [6.45, 7) is 2.13. The van der Waals surface area contributed by atoms with Crippen LogP contribution in [0.25, 0.3) is 0 Å². The van der Waals surface area contributed by atoms with Gasteiger partial charge in [-0.25, -0.2) is 0 Å². The Bertz CT molecular complexity index is 104. The first-order valence-corrected chi connectivity index (χ1v) is 4.32. The average molecular weight is 141 g/mol. The van der Waals surface area contributed by atoms with Gasteiger partial charge >= 0.3 is 0 Å². The van der Waals surface area contributed by atoms with Crippen molar-refractivity contribution in [3.8, 4) is 0 Å². The summed E-state index contributed by atoms with van der Waals surface area (Å²) in [7, 11) is 0. The summed E-state index contributed by atoms with van der Waals surface area (Å²) in [5.41, 5.74) is 0. The van der Waals surface area contributed by atoms with Crippen molar-refractivity contribution in [3.05, 3.63) is 0 Å². The maximum absolute atomic E-state index is 5.62. The van der Waals surface area contributed by atoms with Crippen molar-refractivity contribution in [2.75, 3.05) is 13.2 Å². The van der Waals surface area contributed by atoms with Crippen molar-refractivity contribution in [2.24, 2.45) is 5.92 Å². The lowest BCUT2D eigenvalue weighted by atomic mass is 10.0. The van der Waals surface area contributed by atoms with Crippen LogP contribution in [-0.2, 0) is 4.74 Å². The van der Waals surface area contributed by atoms with Crippen LogP contribution in [0.5, 0.6) is 0 Å². The van der Waals surface area contributed by atoms with E-state index in [0.29, 0.717) is 6.23 Å². The van der Waals surface area contributed by atoms with Gasteiger partial charge in [0.25, 0.3) is 0 Å². The van der Waals surface area contributed by atoms with Crippen LogP contribution in [0.4, 0.5) is 0 Å². The summed E-state index contributed by atoms with van der Waals surface area (Å²) in [5, 5.41) is 3.38. The minimum atomic E-state index is 0.405. The normalized spacial score (nSPS) is 40.8. The molecule has 2 rings (SSSR count). The fourth-order valence-electron chi connectivity index (χ4n) is 1.94. The van der Waals surface area contributed by atoms with Crippen molar-refractivity contribution in [3.63, 3.8) is 0 Å². The van der Waals surface area contributed by atoms with Gasteiger partial charge in [-0.15, -0.1) is 0 Å². The minimum Gasteiger partial charge on any atom is -0.363 e. The van der Waals surface area contributed by atoms with E-state index in [1.165, 1.54) is 25.7 Å². The van der Waals surface area contributed by atoms with E-state index in [0.717, 1.165) is 19.1 Å². The van der Waals surface area contributed by atoms with Crippen LogP contribution in [-0.4, -0.2) is 19.4 Å². The maximum Gasteiger partial charge on any atom is 0.111 e. The Morgan fingerprint density at radius 3 is 3.20 bits per heavy atom. The highest BCUT2D eigenvalue weighted by Crippen LogP contribution is 2.25. The van der Waals surface area contributed by atoms with Crippen LogP contribution in [0, 0.1) is 5.92 Å². The quantitative estimate of drug-likeness (QED) is 0.546. The highest BCUT2D eigenvalue weighted by atomic mass is 16.5. The number of hydrogen-bond donors (Lipinski definition) is 1. The molecule has 2 nitrogen and oxygen atoms in total. The fraction of sp³-hybridized carbons (Fsp3) is 1.00. The molecule has 2 heterocycles. The van der Waals surface area contributed by atoms with E-state index in [1.807, 2.05) is 0 Å². The third kappa shape index (κ3) is 1.18. The zero-order chi connectivity index (χ0) is 6.81. The van der Waals surface area contributed by atoms with Crippen LogP contribution in [0.1, 0.15) is 25.7 Å². The van der Waals surface area contributed by atoms with Gasteiger partial charge in [-0.1, -0.05) is 6.42 Å². The van der Waals surface area contributed by atoms with E-state index < -0.39 is 0 Å². The van der Waals surface area contributed by atoms with Crippen molar-refractivity contribution in [1.82, 2.24) is 5.32 Å². The molecular weight excluding hydrogens is 126 g/mol. The highest BCUT2D eigenvalue weighted by molar-refractivity contribution is 4.78. The van der Waals surface area contributed by atoms with Gasteiger partial charge in [0.2, 0.25) is 0 Å². The predicted molar refractivity (Wildman–Crippen MR) is 39.7 cm³/mol. The molecule has 0 saturated carbocycles. The van der Waals surface area contributed by atoms with Gasteiger partial charge in [0.05, 0.1) is 0 Å². The standard InChI is InChI=1S/C8H15NO/c1-2-6-10-8-7(3-1)4-5-9-8/h7-9H,1-6H2. The zero-order valence-electron chi connectivity index (χ0n) is 6.31. The molecule has 2 heteroatoms. The van der Waals surface area contributed by atoms with Crippen molar-refractivity contribution >= 4 is 0 Å². The molecule has 0 aromatic heterocycles. The summed E-state index contributed by atoms with van der Waals surface area (Å²) in [4.78, 5) is 0. The van der Waals surface area contributed by atoms with Gasteiger partial charge in [-0.2, -0.15) is 0 Å². The molecule has 2 aliphatic heterocycles. The van der Waals surface area contributed by atoms with Gasteiger partial charge < -0.3 is 4.74 Å². The maximum atomic E-state index is 5.62. The second-order valence-electron chi connectivity index (χ2n) is 3.29. The third-order valence-electron chi connectivity index (χ3n) is 2.56. The smallest absolute Gasteiger partial charge is 0.111 e. The van der Waals surface area contributed by atoms with E-state index in [9.17, 15) is 0 Å². The molecule has 2 aliphatic rings. The first kappa shape index (κ1) is 6.62. The molecule has 2 atom stereocenters. The molecule has 2 saturated heterocycles. The number of ether oxygens (including phenoxy) is 1. The first-order chi connectivity index (χ1) is 4.97. The first-order valence-electron chi connectivity index (χ1n) is 4.32. The van der Waals surface area contributed by atoms with Gasteiger partial charge in [-0.05, 0) is 31.7 Å². The Morgan fingerprint density at radius 2 is 2.20 bits per heavy atom. The van der Waals surface area contributed by atoms with E-state index in [-0.39, 0.29) is 0 Å². The van der Waals surface area contributed by atoms with Gasteiger partial charge in [-0.3, -0.25) is 5.32 Å². The molecule has 0 spiro atoms. The van der Waals surface area contributed by atoms with Crippen LogP contribution < -0.4 is 5.32 Å². The van der Waals surface area contributed by atoms with Crippen molar-refractivity contribution in [1.29, 1.82) is 0 Å². The SMILES string of the molecule is C1CCC2CCNC2OC1. The second-order valence-corrected chi connectivity index (χ2v) is 3.29. The summed E-state index contributed by atoms with van der Waals surface area (Å²) in [6, 6.07) is 0. The van der Waals surface area contributed by atoms with Crippen molar-refractivity contribution in [2.45, 2.75) is 31.9 Å². The van der Waals surface area contributed by atoms with Gasteiger partial charge in [0.1, 0.15) is 6.23 Å². The molecule has 2 unspecified atom stereocenters. The lowest BCUT2D eigenvalue weighted by molar-refractivity contribution is 0.0261.